The molecule has 1 atom stereocenters. The number of nitrogens with zero attached hydrogens (tertiary/aromatic N) is 4. The Bertz CT molecular complexity index is 548. The van der Waals surface area contributed by atoms with Crippen LogP contribution in [0.25, 0.3) is 0 Å². The Labute approximate surface area is 164 Å². The second-order valence-corrected chi connectivity index (χ2v) is 7.16. The molecule has 0 saturated heterocycles. The van der Waals surface area contributed by atoms with Gasteiger partial charge in [0.05, 0.1) is 5.69 Å². The van der Waals surface area contributed by atoms with Crippen molar-refractivity contribution in [3.05, 3.63) is 17.0 Å². The van der Waals surface area contributed by atoms with Crippen LogP contribution in [0.3, 0.4) is 0 Å². The largest absolute Gasteiger partial charge is 0.355 e. The number of hydrogen-bond donors (Lipinski definition) is 2. The van der Waals surface area contributed by atoms with Gasteiger partial charge in [0.1, 0.15) is 0 Å². The van der Waals surface area contributed by atoms with Crippen LogP contribution in [0, 0.1) is 13.8 Å². The normalized spacial score (nSPS) is 13.7. The molecule has 0 amide bonds. The summed E-state index contributed by atoms with van der Waals surface area (Å²) < 4.78 is 1.95. The minimum Gasteiger partial charge on any atom is -0.355 e. The average Bonchev–Trinajstić information content (AvgIpc) is 2.69. The van der Waals surface area contributed by atoms with Gasteiger partial charge in [-0.1, -0.05) is 0 Å². The van der Waals surface area contributed by atoms with Crippen molar-refractivity contribution in [2.45, 2.75) is 52.6 Å². The predicted octanol–water partition coefficient (Wildman–Crippen LogP) is 2.09. The molecule has 2 N–H and O–H groups in total. The number of guanidine groups is 1. The summed E-state index contributed by atoms with van der Waals surface area (Å²) in [6.45, 7) is 11.6. The molecule has 0 aromatic carbocycles. The molecular weight excluding hydrogens is 415 g/mol. The Hall–Kier alpha value is -0.830. The van der Waals surface area contributed by atoms with Gasteiger partial charge < -0.3 is 15.5 Å². The van der Waals surface area contributed by atoms with Gasteiger partial charge in [-0.25, -0.2) is 0 Å². The predicted molar refractivity (Wildman–Crippen MR) is 114 cm³/mol. The lowest BCUT2D eigenvalue weighted by atomic mass is 10.0. The zero-order chi connectivity index (χ0) is 17.8. The maximum atomic E-state index is 4.49. The third-order valence-electron chi connectivity index (χ3n) is 4.68. The molecule has 1 aromatic rings. The quantitative estimate of drug-likeness (QED) is 0.396. The van der Waals surface area contributed by atoms with E-state index in [0.29, 0.717) is 0 Å². The van der Waals surface area contributed by atoms with Crippen molar-refractivity contribution in [2.24, 2.45) is 12.0 Å². The molecule has 0 radical (unpaired) electrons. The number of rotatable bonds is 6. The van der Waals surface area contributed by atoms with E-state index in [1.807, 2.05) is 18.8 Å². The smallest absolute Gasteiger partial charge is 0.191 e. The van der Waals surface area contributed by atoms with Crippen molar-refractivity contribution >= 4 is 29.9 Å². The van der Waals surface area contributed by atoms with E-state index in [1.54, 1.807) is 0 Å². The molecule has 7 heteroatoms. The number of nitrogens with one attached hydrogen (secondary N) is 2. The number of likely N-dealkylation sites (N-methyl/N-ethyl adjacent to an activating group) is 1. The zero-order valence-electron chi connectivity index (χ0n) is 16.7. The number of aryl methyl sites for hydroxylation is 2. The Balaban J connectivity index is 0.00000529. The van der Waals surface area contributed by atoms with E-state index in [4.69, 9.17) is 0 Å². The molecule has 0 aliphatic rings. The molecule has 24 heavy (non-hydrogen) atoms. The summed E-state index contributed by atoms with van der Waals surface area (Å²) in [5.74, 6) is 0.839. The molecule has 0 aliphatic heterocycles. The van der Waals surface area contributed by atoms with Crippen molar-refractivity contribution < 1.29 is 0 Å². The summed E-state index contributed by atoms with van der Waals surface area (Å²) in [5.41, 5.74) is 3.72. The van der Waals surface area contributed by atoms with Gasteiger partial charge >= 0.3 is 0 Å². The summed E-state index contributed by atoms with van der Waals surface area (Å²) >= 11 is 0. The Kier molecular flexibility index (Phi) is 9.27. The Morgan fingerprint density at radius 2 is 1.92 bits per heavy atom. The van der Waals surface area contributed by atoms with Gasteiger partial charge in [-0.3, -0.25) is 9.67 Å². The van der Waals surface area contributed by atoms with Gasteiger partial charge in [0, 0.05) is 37.9 Å². The minimum absolute atomic E-state index is 0. The first-order valence-electron chi connectivity index (χ1n) is 8.22. The maximum absolute atomic E-state index is 4.49. The number of aromatic nitrogens is 2. The van der Waals surface area contributed by atoms with E-state index in [2.05, 4.69) is 74.3 Å². The van der Waals surface area contributed by atoms with Gasteiger partial charge in [-0.2, -0.15) is 5.10 Å². The van der Waals surface area contributed by atoms with Crippen molar-refractivity contribution in [2.75, 3.05) is 27.7 Å². The highest BCUT2D eigenvalue weighted by molar-refractivity contribution is 14.0. The SMILES string of the molecule is CN=C(NCC(C)(C)N(C)C)NC(C)Cc1c(C)nn(C)c1C.I. The molecule has 0 saturated carbocycles. The fourth-order valence-corrected chi connectivity index (χ4v) is 2.36. The molecule has 6 nitrogen and oxygen atoms in total. The molecule has 1 heterocycles. The van der Waals surface area contributed by atoms with Crippen LogP contribution in [0.4, 0.5) is 0 Å². The summed E-state index contributed by atoms with van der Waals surface area (Å²) in [6, 6.07) is 0.283. The van der Waals surface area contributed by atoms with Crippen LogP contribution in [-0.4, -0.2) is 59.9 Å². The molecule has 0 bridgehead atoms. The lowest BCUT2D eigenvalue weighted by Crippen LogP contribution is -2.52. The van der Waals surface area contributed by atoms with Crippen molar-refractivity contribution in [3.8, 4) is 0 Å². The molecular formula is C17H35IN6. The number of aliphatic imine (C=N–C) groups is 1. The monoisotopic (exact) mass is 450 g/mol. The van der Waals surface area contributed by atoms with Crippen LogP contribution >= 0.6 is 24.0 Å². The second kappa shape index (κ2) is 9.60. The van der Waals surface area contributed by atoms with E-state index < -0.39 is 0 Å². The minimum atomic E-state index is 0. The van der Waals surface area contributed by atoms with Crippen molar-refractivity contribution in [3.63, 3.8) is 0 Å². The lowest BCUT2D eigenvalue weighted by Gasteiger charge is -2.33. The summed E-state index contributed by atoms with van der Waals surface area (Å²) in [6.07, 6.45) is 0.934. The maximum Gasteiger partial charge on any atom is 0.191 e. The molecule has 1 aromatic heterocycles. The third-order valence-corrected chi connectivity index (χ3v) is 4.68. The Morgan fingerprint density at radius 1 is 1.33 bits per heavy atom. The van der Waals surface area contributed by atoms with E-state index in [9.17, 15) is 0 Å². The van der Waals surface area contributed by atoms with Gasteiger partial charge in [-0.05, 0) is 60.7 Å². The van der Waals surface area contributed by atoms with Crippen LogP contribution < -0.4 is 10.6 Å². The van der Waals surface area contributed by atoms with Gasteiger partial charge in [0.2, 0.25) is 0 Å². The van der Waals surface area contributed by atoms with Crippen LogP contribution in [0.2, 0.25) is 0 Å². The standard InChI is InChI=1S/C17H34N6.HI/c1-12(10-15-13(2)21-23(9)14(15)3)20-16(18-6)19-11-17(4,5)22(7)8;/h12H,10-11H2,1-9H3,(H2,18,19,20);1H. The second-order valence-electron chi connectivity index (χ2n) is 7.16. The van der Waals surface area contributed by atoms with Crippen LogP contribution in [0.5, 0.6) is 0 Å². The van der Waals surface area contributed by atoms with Crippen LogP contribution in [0.15, 0.2) is 4.99 Å². The number of hydrogen-bond acceptors (Lipinski definition) is 3. The lowest BCUT2D eigenvalue weighted by molar-refractivity contribution is 0.197. The molecule has 0 fully saturated rings. The first-order valence-corrected chi connectivity index (χ1v) is 8.22. The molecule has 1 rings (SSSR count). The van der Waals surface area contributed by atoms with E-state index in [0.717, 1.165) is 24.6 Å². The highest BCUT2D eigenvalue weighted by atomic mass is 127. The summed E-state index contributed by atoms with van der Waals surface area (Å²) in [7, 11) is 7.99. The molecule has 1 unspecified atom stereocenters. The molecule has 140 valence electrons. The topological polar surface area (TPSA) is 57.5 Å². The van der Waals surface area contributed by atoms with Crippen LogP contribution in [-0.2, 0) is 13.5 Å². The molecule has 0 aliphatic carbocycles. The van der Waals surface area contributed by atoms with Crippen molar-refractivity contribution in [1.82, 2.24) is 25.3 Å². The molecule has 0 spiro atoms. The number of halogens is 1. The Morgan fingerprint density at radius 3 is 2.33 bits per heavy atom. The van der Waals surface area contributed by atoms with Gasteiger partial charge in [0.25, 0.3) is 0 Å². The first kappa shape index (κ1) is 23.2. The average molecular weight is 450 g/mol. The van der Waals surface area contributed by atoms with E-state index in [-0.39, 0.29) is 35.6 Å². The third kappa shape index (κ3) is 6.23. The fraction of sp³-hybridized carbons (Fsp3) is 0.765. The highest BCUT2D eigenvalue weighted by Gasteiger charge is 2.21. The van der Waals surface area contributed by atoms with Gasteiger partial charge in [-0.15, -0.1) is 24.0 Å². The van der Waals surface area contributed by atoms with E-state index in [1.165, 1.54) is 11.3 Å². The zero-order valence-corrected chi connectivity index (χ0v) is 19.0. The fourth-order valence-electron chi connectivity index (χ4n) is 2.36. The van der Waals surface area contributed by atoms with Crippen molar-refractivity contribution in [1.29, 1.82) is 0 Å². The summed E-state index contributed by atoms with van der Waals surface area (Å²) in [4.78, 5) is 6.54. The first-order chi connectivity index (χ1) is 10.6. The van der Waals surface area contributed by atoms with Crippen LogP contribution in [0.1, 0.15) is 37.7 Å². The highest BCUT2D eigenvalue weighted by Crippen LogP contribution is 2.14. The summed E-state index contributed by atoms with van der Waals surface area (Å²) in [5, 5.41) is 11.4. The van der Waals surface area contributed by atoms with Gasteiger partial charge in [0.15, 0.2) is 5.96 Å². The van der Waals surface area contributed by atoms with E-state index >= 15 is 0 Å².